The fourth-order valence-corrected chi connectivity index (χ4v) is 1.92. The Hall–Kier alpha value is -1.55. The first-order valence-electron chi connectivity index (χ1n) is 6.55. The highest BCUT2D eigenvalue weighted by Crippen LogP contribution is 2.24. The molecule has 2 aromatic heterocycles. The van der Waals surface area contributed by atoms with E-state index >= 15 is 0 Å². The molecule has 0 saturated heterocycles. The Morgan fingerprint density at radius 2 is 2.17 bits per heavy atom. The molecule has 0 aliphatic heterocycles. The number of rotatable bonds is 6. The Bertz CT molecular complexity index is 485. The minimum absolute atomic E-state index is 0.335. The molecule has 0 saturated carbocycles. The standard InChI is InChI=1S/C14H21N3O/c1-4-8-15-10-12-5-6-14(18-12)13-7-9-16-17(13)11(2)3/h5-7,9,11,15H,4,8,10H2,1-3H3. The number of nitrogens with zero attached hydrogens (tertiary/aromatic N) is 2. The largest absolute Gasteiger partial charge is 0.458 e. The van der Waals surface area contributed by atoms with Gasteiger partial charge in [-0.15, -0.1) is 0 Å². The predicted molar refractivity (Wildman–Crippen MR) is 72.3 cm³/mol. The average Bonchev–Trinajstić information content (AvgIpc) is 2.96. The summed E-state index contributed by atoms with van der Waals surface area (Å²) < 4.78 is 7.82. The quantitative estimate of drug-likeness (QED) is 0.797. The SMILES string of the molecule is CCCNCc1ccc(-c2ccnn2C(C)C)o1. The lowest BCUT2D eigenvalue weighted by atomic mass is 10.3. The van der Waals surface area contributed by atoms with Crippen LogP contribution in [0.25, 0.3) is 11.5 Å². The normalized spacial score (nSPS) is 11.3. The van der Waals surface area contributed by atoms with E-state index in [4.69, 9.17) is 4.42 Å². The molecule has 0 bridgehead atoms. The summed E-state index contributed by atoms with van der Waals surface area (Å²) in [6, 6.07) is 6.36. The molecule has 1 N–H and O–H groups in total. The van der Waals surface area contributed by atoms with Crippen LogP contribution in [0, 0.1) is 0 Å². The van der Waals surface area contributed by atoms with Gasteiger partial charge in [0.1, 0.15) is 11.5 Å². The van der Waals surface area contributed by atoms with E-state index in [0.29, 0.717) is 6.04 Å². The second-order valence-electron chi connectivity index (χ2n) is 4.70. The maximum Gasteiger partial charge on any atom is 0.152 e. The molecule has 0 amide bonds. The Balaban J connectivity index is 2.11. The Morgan fingerprint density at radius 1 is 1.33 bits per heavy atom. The number of hydrogen-bond acceptors (Lipinski definition) is 3. The summed E-state index contributed by atoms with van der Waals surface area (Å²) >= 11 is 0. The molecule has 0 aromatic carbocycles. The summed E-state index contributed by atoms with van der Waals surface area (Å²) in [4.78, 5) is 0. The fraction of sp³-hybridized carbons (Fsp3) is 0.500. The molecule has 0 spiro atoms. The van der Waals surface area contributed by atoms with Crippen molar-refractivity contribution in [1.82, 2.24) is 15.1 Å². The van der Waals surface area contributed by atoms with Gasteiger partial charge in [-0.2, -0.15) is 5.10 Å². The zero-order valence-corrected chi connectivity index (χ0v) is 11.3. The van der Waals surface area contributed by atoms with Crippen molar-refractivity contribution in [2.45, 2.75) is 39.8 Å². The highest BCUT2D eigenvalue weighted by atomic mass is 16.3. The molecule has 0 atom stereocenters. The van der Waals surface area contributed by atoms with E-state index in [1.54, 1.807) is 0 Å². The van der Waals surface area contributed by atoms with Crippen LogP contribution < -0.4 is 5.32 Å². The molecule has 2 aromatic rings. The van der Waals surface area contributed by atoms with Gasteiger partial charge in [0.25, 0.3) is 0 Å². The van der Waals surface area contributed by atoms with E-state index in [1.807, 2.05) is 29.1 Å². The van der Waals surface area contributed by atoms with Crippen LogP contribution in [0.4, 0.5) is 0 Å². The number of aromatic nitrogens is 2. The lowest BCUT2D eigenvalue weighted by Gasteiger charge is -2.08. The van der Waals surface area contributed by atoms with Gasteiger partial charge in [0.15, 0.2) is 5.76 Å². The molecule has 2 heterocycles. The predicted octanol–water partition coefficient (Wildman–Crippen LogP) is 3.22. The molecule has 0 radical (unpaired) electrons. The molecular formula is C14H21N3O. The van der Waals surface area contributed by atoms with Crippen LogP contribution in [-0.4, -0.2) is 16.3 Å². The number of furan rings is 1. The van der Waals surface area contributed by atoms with Crippen LogP contribution in [0.1, 0.15) is 39.0 Å². The number of nitrogens with one attached hydrogen (secondary N) is 1. The minimum Gasteiger partial charge on any atom is -0.458 e. The zero-order chi connectivity index (χ0) is 13.0. The van der Waals surface area contributed by atoms with Gasteiger partial charge in [-0.3, -0.25) is 4.68 Å². The third-order valence-corrected chi connectivity index (χ3v) is 2.80. The lowest BCUT2D eigenvalue weighted by Crippen LogP contribution is -2.13. The van der Waals surface area contributed by atoms with Gasteiger partial charge < -0.3 is 9.73 Å². The third kappa shape index (κ3) is 2.82. The molecule has 18 heavy (non-hydrogen) atoms. The van der Waals surface area contributed by atoms with E-state index in [2.05, 4.69) is 31.2 Å². The first-order chi connectivity index (χ1) is 8.72. The van der Waals surface area contributed by atoms with Crippen LogP contribution in [0.2, 0.25) is 0 Å². The van der Waals surface area contributed by atoms with Gasteiger partial charge in [-0.05, 0) is 45.0 Å². The molecule has 0 aliphatic rings. The van der Waals surface area contributed by atoms with Crippen molar-refractivity contribution >= 4 is 0 Å². The van der Waals surface area contributed by atoms with Crippen molar-refractivity contribution in [1.29, 1.82) is 0 Å². The molecule has 0 fully saturated rings. The van der Waals surface area contributed by atoms with Gasteiger partial charge in [0.05, 0.1) is 6.54 Å². The van der Waals surface area contributed by atoms with Crippen molar-refractivity contribution in [2.24, 2.45) is 0 Å². The van der Waals surface area contributed by atoms with Gasteiger partial charge in [-0.25, -0.2) is 0 Å². The minimum atomic E-state index is 0.335. The molecule has 4 nitrogen and oxygen atoms in total. The van der Waals surface area contributed by atoms with Crippen molar-refractivity contribution in [3.63, 3.8) is 0 Å². The van der Waals surface area contributed by atoms with Crippen LogP contribution in [0.5, 0.6) is 0 Å². The van der Waals surface area contributed by atoms with Gasteiger partial charge in [0.2, 0.25) is 0 Å². The van der Waals surface area contributed by atoms with Crippen molar-refractivity contribution in [3.05, 3.63) is 30.2 Å². The van der Waals surface area contributed by atoms with Crippen molar-refractivity contribution in [3.8, 4) is 11.5 Å². The van der Waals surface area contributed by atoms with Crippen LogP contribution in [-0.2, 0) is 6.54 Å². The first-order valence-corrected chi connectivity index (χ1v) is 6.55. The summed E-state index contributed by atoms with van der Waals surface area (Å²) in [5, 5.41) is 7.65. The van der Waals surface area contributed by atoms with E-state index < -0.39 is 0 Å². The molecular weight excluding hydrogens is 226 g/mol. The second-order valence-corrected chi connectivity index (χ2v) is 4.70. The summed E-state index contributed by atoms with van der Waals surface area (Å²) in [5.74, 6) is 1.85. The highest BCUT2D eigenvalue weighted by Gasteiger charge is 2.11. The molecule has 4 heteroatoms. The third-order valence-electron chi connectivity index (χ3n) is 2.80. The Morgan fingerprint density at radius 3 is 2.89 bits per heavy atom. The average molecular weight is 247 g/mol. The van der Waals surface area contributed by atoms with Crippen LogP contribution in [0.15, 0.2) is 28.8 Å². The molecule has 2 rings (SSSR count). The molecule has 0 aliphatic carbocycles. The smallest absolute Gasteiger partial charge is 0.152 e. The van der Waals surface area contributed by atoms with Gasteiger partial charge >= 0.3 is 0 Å². The summed E-state index contributed by atoms with van der Waals surface area (Å²) in [5.41, 5.74) is 1.03. The van der Waals surface area contributed by atoms with Crippen molar-refractivity contribution in [2.75, 3.05) is 6.54 Å². The van der Waals surface area contributed by atoms with Crippen molar-refractivity contribution < 1.29 is 4.42 Å². The monoisotopic (exact) mass is 247 g/mol. The van der Waals surface area contributed by atoms with Gasteiger partial charge in [-0.1, -0.05) is 6.92 Å². The van der Waals surface area contributed by atoms with E-state index in [0.717, 1.165) is 36.7 Å². The topological polar surface area (TPSA) is 43.0 Å². The molecule has 98 valence electrons. The molecule has 0 unspecified atom stereocenters. The van der Waals surface area contributed by atoms with Gasteiger partial charge in [0, 0.05) is 12.2 Å². The Kier molecular flexibility index (Phi) is 4.20. The fourth-order valence-electron chi connectivity index (χ4n) is 1.92. The highest BCUT2D eigenvalue weighted by molar-refractivity contribution is 5.52. The summed E-state index contributed by atoms with van der Waals surface area (Å²) in [6.45, 7) is 8.18. The Labute approximate surface area is 108 Å². The lowest BCUT2D eigenvalue weighted by molar-refractivity contribution is 0.478. The summed E-state index contributed by atoms with van der Waals surface area (Å²) in [6.07, 6.45) is 2.94. The van der Waals surface area contributed by atoms with Crippen LogP contribution in [0.3, 0.4) is 0 Å². The van der Waals surface area contributed by atoms with E-state index in [-0.39, 0.29) is 0 Å². The van der Waals surface area contributed by atoms with E-state index in [9.17, 15) is 0 Å². The van der Waals surface area contributed by atoms with E-state index in [1.165, 1.54) is 0 Å². The zero-order valence-electron chi connectivity index (χ0n) is 11.3. The maximum atomic E-state index is 5.84. The first kappa shape index (κ1) is 12.9. The van der Waals surface area contributed by atoms with Crippen LogP contribution >= 0.6 is 0 Å². The maximum absolute atomic E-state index is 5.84. The summed E-state index contributed by atoms with van der Waals surface area (Å²) in [7, 11) is 0. The number of hydrogen-bond donors (Lipinski definition) is 1. The second kappa shape index (κ2) is 5.87.